The Kier molecular flexibility index (Phi) is 4.75. The van der Waals surface area contributed by atoms with Gasteiger partial charge in [0.05, 0.1) is 12.2 Å². The largest absolute Gasteiger partial charge is 0.366 e. The topological polar surface area (TPSA) is 52.7 Å². The highest BCUT2D eigenvalue weighted by Crippen LogP contribution is 2.60. The van der Waals surface area contributed by atoms with Crippen molar-refractivity contribution in [1.82, 2.24) is 10.2 Å². The van der Waals surface area contributed by atoms with Crippen LogP contribution in [-0.4, -0.2) is 49.4 Å². The van der Waals surface area contributed by atoms with E-state index in [9.17, 15) is 14.0 Å². The van der Waals surface area contributed by atoms with Crippen molar-refractivity contribution in [1.29, 1.82) is 0 Å². The molecule has 2 amide bonds. The fourth-order valence-electron chi connectivity index (χ4n) is 6.75. The lowest BCUT2D eigenvalue weighted by Crippen LogP contribution is -2.56. The third-order valence-corrected chi connectivity index (χ3v) is 7.75. The lowest BCUT2D eigenvalue weighted by molar-refractivity contribution is -0.148. The molecular formula is C23H30FN3O2. The van der Waals surface area contributed by atoms with Crippen molar-refractivity contribution in [3.05, 3.63) is 30.1 Å². The number of nitrogens with zero attached hydrogens (tertiary/aromatic N) is 2. The van der Waals surface area contributed by atoms with Crippen molar-refractivity contribution in [2.45, 2.75) is 38.5 Å². The van der Waals surface area contributed by atoms with Crippen LogP contribution >= 0.6 is 0 Å². The van der Waals surface area contributed by atoms with E-state index in [0.29, 0.717) is 49.6 Å². The molecule has 1 aliphatic heterocycles. The Morgan fingerprint density at radius 3 is 2.14 bits per heavy atom. The molecular weight excluding hydrogens is 369 g/mol. The predicted octanol–water partition coefficient (Wildman–Crippen LogP) is 2.81. The normalized spacial score (nSPS) is 33.1. The van der Waals surface area contributed by atoms with Crippen LogP contribution in [0.4, 0.5) is 10.1 Å². The summed E-state index contributed by atoms with van der Waals surface area (Å²) in [6, 6.07) is 6.76. The number of carbonyl (C=O) groups is 2. The number of anilines is 1. The molecule has 1 aromatic rings. The summed E-state index contributed by atoms with van der Waals surface area (Å²) >= 11 is 0. The summed E-state index contributed by atoms with van der Waals surface area (Å²) < 4.78 is 14.0. The summed E-state index contributed by atoms with van der Waals surface area (Å²) in [6.07, 6.45) is 6.95. The third-order valence-electron chi connectivity index (χ3n) is 7.75. The van der Waals surface area contributed by atoms with Crippen LogP contribution in [0.5, 0.6) is 0 Å². The molecule has 5 fully saturated rings. The number of hydrogen-bond donors (Lipinski definition) is 1. The van der Waals surface area contributed by atoms with E-state index in [1.165, 1.54) is 25.3 Å². The van der Waals surface area contributed by atoms with Crippen molar-refractivity contribution >= 4 is 17.5 Å². The second kappa shape index (κ2) is 7.29. The number of para-hydroxylation sites is 1. The summed E-state index contributed by atoms with van der Waals surface area (Å²) in [4.78, 5) is 29.5. The molecule has 4 saturated carbocycles. The average Bonchev–Trinajstić information content (AvgIpc) is 2.71. The van der Waals surface area contributed by atoms with Crippen molar-refractivity contribution in [2.24, 2.45) is 23.2 Å². The van der Waals surface area contributed by atoms with Crippen LogP contribution in [0.3, 0.4) is 0 Å². The minimum atomic E-state index is -0.227. The van der Waals surface area contributed by atoms with E-state index >= 15 is 0 Å². The zero-order chi connectivity index (χ0) is 20.0. The number of rotatable bonds is 4. The Morgan fingerprint density at radius 1 is 0.966 bits per heavy atom. The first-order valence-corrected chi connectivity index (χ1v) is 11.1. The molecule has 0 atom stereocenters. The molecule has 29 heavy (non-hydrogen) atoms. The van der Waals surface area contributed by atoms with Gasteiger partial charge in [-0.3, -0.25) is 9.59 Å². The van der Waals surface area contributed by atoms with E-state index in [2.05, 4.69) is 5.32 Å². The van der Waals surface area contributed by atoms with Gasteiger partial charge in [0.1, 0.15) is 5.82 Å². The third kappa shape index (κ3) is 3.51. The molecule has 0 radical (unpaired) electrons. The van der Waals surface area contributed by atoms with Crippen molar-refractivity contribution < 1.29 is 14.0 Å². The Balaban J connectivity index is 1.13. The molecule has 1 saturated heterocycles. The first-order valence-electron chi connectivity index (χ1n) is 11.1. The number of carbonyl (C=O) groups excluding carboxylic acids is 2. The molecule has 6 rings (SSSR count). The molecule has 1 aromatic carbocycles. The van der Waals surface area contributed by atoms with Gasteiger partial charge in [0.2, 0.25) is 11.8 Å². The number of amides is 2. The Hall–Kier alpha value is -2.11. The molecule has 156 valence electrons. The number of piperazine rings is 1. The Labute approximate surface area is 171 Å². The standard InChI is InChI=1S/C23H30FN3O2/c24-19-3-1-2-4-20(19)26-5-7-27(8-6-26)21(28)15-25-22(29)23-12-16-9-17(13-23)11-18(10-16)14-23/h1-4,16-18H,5-15H2,(H,25,29). The predicted molar refractivity (Wildman–Crippen MR) is 109 cm³/mol. The lowest BCUT2D eigenvalue weighted by Gasteiger charge is -2.55. The summed E-state index contributed by atoms with van der Waals surface area (Å²) in [7, 11) is 0. The SMILES string of the molecule is O=C(CNC(=O)C12CC3CC(CC(C3)C1)C2)N1CCN(c2ccccc2F)CC1. The monoisotopic (exact) mass is 399 g/mol. The van der Waals surface area contributed by atoms with Crippen LogP contribution in [0.1, 0.15) is 38.5 Å². The van der Waals surface area contributed by atoms with Gasteiger partial charge >= 0.3 is 0 Å². The van der Waals surface area contributed by atoms with Gasteiger partial charge in [-0.1, -0.05) is 12.1 Å². The fraction of sp³-hybridized carbons (Fsp3) is 0.652. The molecule has 0 unspecified atom stereocenters. The zero-order valence-electron chi connectivity index (χ0n) is 16.9. The van der Waals surface area contributed by atoms with E-state index in [-0.39, 0.29) is 29.6 Å². The van der Waals surface area contributed by atoms with Crippen molar-refractivity contribution in [3.63, 3.8) is 0 Å². The van der Waals surface area contributed by atoms with Gasteiger partial charge in [0.25, 0.3) is 0 Å². The van der Waals surface area contributed by atoms with Gasteiger partial charge in [-0.05, 0) is 68.4 Å². The van der Waals surface area contributed by atoms with E-state index in [4.69, 9.17) is 0 Å². The highest BCUT2D eigenvalue weighted by atomic mass is 19.1. The second-order valence-electron chi connectivity index (χ2n) is 9.70. The van der Waals surface area contributed by atoms with Crippen molar-refractivity contribution in [2.75, 3.05) is 37.6 Å². The van der Waals surface area contributed by atoms with E-state index < -0.39 is 0 Å². The number of benzene rings is 1. The van der Waals surface area contributed by atoms with E-state index in [1.54, 1.807) is 17.0 Å². The summed E-state index contributed by atoms with van der Waals surface area (Å²) in [6.45, 7) is 2.41. The van der Waals surface area contributed by atoms with Crippen LogP contribution in [0, 0.1) is 29.0 Å². The van der Waals surface area contributed by atoms with Gasteiger partial charge in [0.15, 0.2) is 0 Å². The van der Waals surface area contributed by atoms with Crippen LogP contribution < -0.4 is 10.2 Å². The maximum absolute atomic E-state index is 14.0. The van der Waals surface area contributed by atoms with Crippen molar-refractivity contribution in [3.8, 4) is 0 Å². The molecule has 4 aliphatic carbocycles. The van der Waals surface area contributed by atoms with Gasteiger partial charge in [-0.15, -0.1) is 0 Å². The molecule has 5 aliphatic rings. The van der Waals surface area contributed by atoms with Crippen LogP contribution in [0.15, 0.2) is 24.3 Å². The van der Waals surface area contributed by atoms with E-state index in [1.807, 2.05) is 11.0 Å². The Bertz CT molecular complexity index is 768. The maximum Gasteiger partial charge on any atom is 0.242 e. The van der Waals surface area contributed by atoms with Gasteiger partial charge in [-0.2, -0.15) is 0 Å². The summed E-state index contributed by atoms with van der Waals surface area (Å²) in [5.74, 6) is 2.00. The van der Waals surface area contributed by atoms with Crippen LogP contribution in [0.25, 0.3) is 0 Å². The van der Waals surface area contributed by atoms with Gasteiger partial charge in [-0.25, -0.2) is 4.39 Å². The molecule has 1 N–H and O–H groups in total. The van der Waals surface area contributed by atoms with Crippen LogP contribution in [-0.2, 0) is 9.59 Å². The molecule has 0 spiro atoms. The molecule has 6 heteroatoms. The number of nitrogens with one attached hydrogen (secondary N) is 1. The van der Waals surface area contributed by atoms with Gasteiger partial charge < -0.3 is 15.1 Å². The zero-order valence-corrected chi connectivity index (χ0v) is 16.9. The van der Waals surface area contributed by atoms with Gasteiger partial charge in [0, 0.05) is 31.6 Å². The average molecular weight is 400 g/mol. The molecule has 5 nitrogen and oxygen atoms in total. The highest BCUT2D eigenvalue weighted by Gasteiger charge is 2.54. The first-order chi connectivity index (χ1) is 14.0. The summed E-state index contributed by atoms with van der Waals surface area (Å²) in [5.41, 5.74) is 0.383. The van der Waals surface area contributed by atoms with Crippen LogP contribution in [0.2, 0.25) is 0 Å². The first kappa shape index (κ1) is 18.9. The molecule has 0 aromatic heterocycles. The molecule has 4 bridgehead atoms. The number of halogens is 1. The smallest absolute Gasteiger partial charge is 0.242 e. The second-order valence-corrected chi connectivity index (χ2v) is 9.70. The quantitative estimate of drug-likeness (QED) is 0.847. The minimum absolute atomic E-state index is 0.0312. The lowest BCUT2D eigenvalue weighted by atomic mass is 9.49. The van der Waals surface area contributed by atoms with E-state index in [0.717, 1.165) is 19.3 Å². The number of hydrogen-bond acceptors (Lipinski definition) is 3. The fourth-order valence-corrected chi connectivity index (χ4v) is 6.75. The Morgan fingerprint density at radius 2 is 1.55 bits per heavy atom. The maximum atomic E-state index is 14.0. The minimum Gasteiger partial charge on any atom is -0.366 e. The summed E-state index contributed by atoms with van der Waals surface area (Å²) in [5, 5.41) is 2.99. The molecule has 1 heterocycles. The highest BCUT2D eigenvalue weighted by molar-refractivity contribution is 5.88.